The highest BCUT2D eigenvalue weighted by atomic mass is 19.1. The van der Waals surface area contributed by atoms with Gasteiger partial charge in [-0.15, -0.1) is 0 Å². The predicted molar refractivity (Wildman–Crippen MR) is 139 cm³/mol. The van der Waals surface area contributed by atoms with Gasteiger partial charge in [-0.25, -0.2) is 13.5 Å². The van der Waals surface area contributed by atoms with Crippen molar-refractivity contribution in [2.24, 2.45) is 0 Å². The zero-order chi connectivity index (χ0) is 26.6. The first kappa shape index (κ1) is 25.3. The van der Waals surface area contributed by atoms with Crippen molar-refractivity contribution < 1.29 is 13.6 Å². The van der Waals surface area contributed by atoms with Gasteiger partial charge in [0.1, 0.15) is 11.6 Å². The van der Waals surface area contributed by atoms with Crippen LogP contribution in [-0.2, 0) is 26.1 Å². The van der Waals surface area contributed by atoms with Crippen LogP contribution < -0.4 is 0 Å². The fourth-order valence-corrected chi connectivity index (χ4v) is 4.90. The molecule has 0 atom stereocenters. The maximum absolute atomic E-state index is 14.4. The second-order valence-corrected chi connectivity index (χ2v) is 9.33. The lowest BCUT2D eigenvalue weighted by atomic mass is 10.0. The number of fused-ring (bicyclic) bond motifs is 1. The lowest BCUT2D eigenvalue weighted by Gasteiger charge is -2.28. The zero-order valence-electron chi connectivity index (χ0n) is 21.1. The van der Waals surface area contributed by atoms with Crippen LogP contribution in [0, 0.1) is 23.0 Å². The van der Waals surface area contributed by atoms with Gasteiger partial charge >= 0.3 is 0 Å². The molecule has 3 aromatic carbocycles. The third-order valence-electron chi connectivity index (χ3n) is 6.87. The number of rotatable bonds is 7. The van der Waals surface area contributed by atoms with Crippen LogP contribution in [-0.4, -0.2) is 38.6 Å². The fraction of sp³-hybridized carbons (Fsp3) is 0.233. The van der Waals surface area contributed by atoms with Crippen LogP contribution in [0.3, 0.4) is 0 Å². The number of halogens is 2. The first-order valence-electron chi connectivity index (χ1n) is 12.6. The number of para-hydroxylation sites is 1. The molecule has 8 heteroatoms. The van der Waals surface area contributed by atoms with E-state index in [2.05, 4.69) is 11.0 Å². The van der Waals surface area contributed by atoms with E-state index in [1.165, 1.54) is 6.07 Å². The van der Waals surface area contributed by atoms with Crippen LogP contribution >= 0.6 is 0 Å². The molecule has 2 heterocycles. The van der Waals surface area contributed by atoms with E-state index in [-0.39, 0.29) is 19.0 Å². The van der Waals surface area contributed by atoms with Gasteiger partial charge in [0.15, 0.2) is 0 Å². The fourth-order valence-electron chi connectivity index (χ4n) is 4.90. The molecule has 1 amide bonds. The molecule has 4 aromatic rings. The van der Waals surface area contributed by atoms with Crippen molar-refractivity contribution in [1.82, 2.24) is 19.6 Å². The summed E-state index contributed by atoms with van der Waals surface area (Å²) in [6.45, 7) is 4.10. The van der Waals surface area contributed by atoms with Gasteiger partial charge in [-0.3, -0.25) is 9.69 Å². The van der Waals surface area contributed by atoms with Gasteiger partial charge in [-0.05, 0) is 55.5 Å². The Morgan fingerprint density at radius 1 is 1.08 bits per heavy atom. The second kappa shape index (κ2) is 11.0. The van der Waals surface area contributed by atoms with Gasteiger partial charge in [-0.1, -0.05) is 24.3 Å². The number of carbonyl (C=O) groups excluding carboxylic acids is 1. The number of nitriles is 1. The average Bonchev–Trinajstić information content (AvgIpc) is 3.31. The molecule has 0 saturated carbocycles. The van der Waals surface area contributed by atoms with Gasteiger partial charge < -0.3 is 4.90 Å². The Hall–Kier alpha value is -4.35. The molecule has 6 nitrogen and oxygen atoms in total. The first-order valence-corrected chi connectivity index (χ1v) is 12.6. The van der Waals surface area contributed by atoms with Crippen LogP contribution in [0.15, 0.2) is 72.8 Å². The van der Waals surface area contributed by atoms with Crippen LogP contribution in [0.5, 0.6) is 0 Å². The molecular weight excluding hydrogens is 484 g/mol. The summed E-state index contributed by atoms with van der Waals surface area (Å²) in [4.78, 5) is 17.1. The van der Waals surface area contributed by atoms with Crippen LogP contribution in [0.2, 0.25) is 0 Å². The van der Waals surface area contributed by atoms with E-state index in [9.17, 15) is 18.8 Å². The largest absolute Gasteiger partial charge is 0.333 e. The van der Waals surface area contributed by atoms with Crippen LogP contribution in [0.1, 0.15) is 45.4 Å². The summed E-state index contributed by atoms with van der Waals surface area (Å²) in [5, 5.41) is 14.2. The van der Waals surface area contributed by atoms with Crippen molar-refractivity contribution in [3.8, 4) is 11.8 Å². The maximum atomic E-state index is 14.4. The number of carbonyl (C=O) groups is 1. The van der Waals surface area contributed by atoms with E-state index in [0.717, 1.165) is 34.8 Å². The minimum Gasteiger partial charge on any atom is -0.333 e. The van der Waals surface area contributed by atoms with Gasteiger partial charge in [0.05, 0.1) is 35.3 Å². The highest BCUT2D eigenvalue weighted by Gasteiger charge is 2.28. The van der Waals surface area contributed by atoms with Crippen molar-refractivity contribution in [2.75, 3.05) is 13.1 Å². The summed E-state index contributed by atoms with van der Waals surface area (Å²) in [5.74, 6) is -1.07. The van der Waals surface area contributed by atoms with E-state index in [4.69, 9.17) is 5.10 Å². The Morgan fingerprint density at radius 2 is 1.89 bits per heavy atom. The zero-order valence-corrected chi connectivity index (χ0v) is 21.1. The molecule has 0 radical (unpaired) electrons. The Labute approximate surface area is 220 Å². The molecule has 192 valence electrons. The second-order valence-electron chi connectivity index (χ2n) is 9.33. The summed E-state index contributed by atoms with van der Waals surface area (Å²) >= 11 is 0. The number of nitrogens with zero attached hydrogens (tertiary/aromatic N) is 5. The third-order valence-corrected chi connectivity index (χ3v) is 6.87. The normalized spacial score (nSPS) is 13.1. The van der Waals surface area contributed by atoms with E-state index >= 15 is 0 Å². The molecule has 0 saturated heterocycles. The van der Waals surface area contributed by atoms with Gasteiger partial charge in [0.2, 0.25) is 0 Å². The number of amides is 1. The highest BCUT2D eigenvalue weighted by molar-refractivity contribution is 5.94. The third kappa shape index (κ3) is 5.20. The molecular formula is C30H27F2N5O. The molecule has 0 fully saturated rings. The summed E-state index contributed by atoms with van der Waals surface area (Å²) in [5.41, 5.74) is 4.93. The number of hydrogen-bond donors (Lipinski definition) is 0. The summed E-state index contributed by atoms with van der Waals surface area (Å²) in [7, 11) is 0. The molecule has 1 aliphatic rings. The minimum absolute atomic E-state index is 0.179. The maximum Gasteiger partial charge on any atom is 0.254 e. The molecule has 5 rings (SSSR count). The lowest BCUT2D eigenvalue weighted by Crippen LogP contribution is -2.33. The van der Waals surface area contributed by atoms with Crippen molar-refractivity contribution in [3.05, 3.63) is 118 Å². The average molecular weight is 512 g/mol. The number of aromatic nitrogens is 2. The van der Waals surface area contributed by atoms with E-state index < -0.39 is 11.6 Å². The topological polar surface area (TPSA) is 65.2 Å². The predicted octanol–water partition coefficient (Wildman–Crippen LogP) is 5.24. The summed E-state index contributed by atoms with van der Waals surface area (Å²) in [6, 6.07) is 22.1. The molecule has 0 bridgehead atoms. The van der Waals surface area contributed by atoms with Crippen molar-refractivity contribution >= 4 is 5.91 Å². The molecule has 0 N–H and O–H groups in total. The molecule has 0 aliphatic carbocycles. The van der Waals surface area contributed by atoms with Gasteiger partial charge in [-0.2, -0.15) is 10.4 Å². The molecule has 1 aromatic heterocycles. The lowest BCUT2D eigenvalue weighted by molar-refractivity contribution is 0.0749. The van der Waals surface area contributed by atoms with Crippen LogP contribution in [0.4, 0.5) is 8.78 Å². The Bertz CT molecular complexity index is 1510. The van der Waals surface area contributed by atoms with E-state index in [0.29, 0.717) is 42.7 Å². The van der Waals surface area contributed by atoms with E-state index in [1.807, 2.05) is 41.9 Å². The van der Waals surface area contributed by atoms with E-state index in [1.54, 1.807) is 29.2 Å². The Kier molecular flexibility index (Phi) is 7.29. The SMILES string of the molecule is CCN(Cc1nn(-c2ccccc2)c2c1CN(Cc1cc(F)ccc1F)CC2)C(=O)c1cccc(C#N)c1. The molecule has 0 spiro atoms. The summed E-state index contributed by atoms with van der Waals surface area (Å²) < 4.78 is 30.1. The van der Waals surface area contributed by atoms with Crippen molar-refractivity contribution in [2.45, 2.75) is 33.0 Å². The quantitative estimate of drug-likeness (QED) is 0.340. The molecule has 0 unspecified atom stereocenters. The Balaban J connectivity index is 1.47. The monoisotopic (exact) mass is 511 g/mol. The van der Waals surface area contributed by atoms with Crippen LogP contribution in [0.25, 0.3) is 5.69 Å². The number of benzene rings is 3. The number of hydrogen-bond acceptors (Lipinski definition) is 4. The van der Waals surface area contributed by atoms with Crippen molar-refractivity contribution in [3.63, 3.8) is 0 Å². The highest BCUT2D eigenvalue weighted by Crippen LogP contribution is 2.28. The standard InChI is InChI=1S/C30H27F2N5O/c1-2-36(30(38)22-8-6-7-21(15-22)17-33)20-28-26-19-35(18-23-16-24(31)11-12-27(23)32)14-13-29(26)37(34-28)25-9-4-3-5-10-25/h3-12,15-16H,2,13-14,18-20H2,1H3. The van der Waals surface area contributed by atoms with Crippen molar-refractivity contribution in [1.29, 1.82) is 5.26 Å². The van der Waals surface area contributed by atoms with Gasteiger partial charge in [0, 0.05) is 49.3 Å². The molecule has 38 heavy (non-hydrogen) atoms. The van der Waals surface area contributed by atoms with Gasteiger partial charge in [0.25, 0.3) is 5.91 Å². The minimum atomic E-state index is -0.464. The first-order chi connectivity index (χ1) is 18.5. The smallest absolute Gasteiger partial charge is 0.254 e. The molecule has 1 aliphatic heterocycles. The Morgan fingerprint density at radius 3 is 2.66 bits per heavy atom. The summed E-state index contributed by atoms with van der Waals surface area (Å²) in [6.07, 6.45) is 0.679.